The van der Waals surface area contributed by atoms with Gasteiger partial charge < -0.3 is 5.32 Å². The van der Waals surface area contributed by atoms with E-state index in [1.807, 2.05) is 0 Å². The van der Waals surface area contributed by atoms with Gasteiger partial charge in [-0.1, -0.05) is 41.4 Å². The Kier molecular flexibility index (Phi) is 5.32. The number of carbonyl (C=O) groups excluding carboxylic acids is 1. The van der Waals surface area contributed by atoms with Crippen molar-refractivity contribution in [3.05, 3.63) is 69.2 Å². The standard InChI is InChI=1S/C16H8Cl2F2N2O/c17-11-4-2-6-13(14(11)18)22-16(23)10(8-21)7-9-3-1-5-12(19)15(9)20/h1-7H,(H,22,23)/b10-7-. The summed E-state index contributed by atoms with van der Waals surface area (Å²) in [6.45, 7) is 0. The van der Waals surface area contributed by atoms with E-state index in [0.717, 1.165) is 12.1 Å². The first kappa shape index (κ1) is 16.9. The molecule has 0 aliphatic heterocycles. The van der Waals surface area contributed by atoms with Crippen molar-refractivity contribution in [1.29, 1.82) is 5.26 Å². The summed E-state index contributed by atoms with van der Waals surface area (Å²) in [5, 5.41) is 11.8. The molecule has 7 heteroatoms. The van der Waals surface area contributed by atoms with Gasteiger partial charge in [-0.25, -0.2) is 8.78 Å². The second-order valence-electron chi connectivity index (χ2n) is 4.37. The molecule has 2 aromatic carbocycles. The highest BCUT2D eigenvalue weighted by Gasteiger charge is 2.14. The summed E-state index contributed by atoms with van der Waals surface area (Å²) in [6, 6.07) is 9.67. The lowest BCUT2D eigenvalue weighted by molar-refractivity contribution is -0.112. The molecule has 0 aromatic heterocycles. The van der Waals surface area contributed by atoms with E-state index in [1.54, 1.807) is 12.1 Å². The van der Waals surface area contributed by atoms with Gasteiger partial charge in [-0.05, 0) is 24.3 Å². The molecule has 2 rings (SSSR count). The third-order valence-electron chi connectivity index (χ3n) is 2.85. The van der Waals surface area contributed by atoms with E-state index in [2.05, 4.69) is 5.32 Å². The maximum atomic E-state index is 13.6. The number of nitrogens with zero attached hydrogens (tertiary/aromatic N) is 1. The van der Waals surface area contributed by atoms with Crippen molar-refractivity contribution in [3.8, 4) is 6.07 Å². The zero-order chi connectivity index (χ0) is 17.0. The molecule has 0 spiro atoms. The minimum Gasteiger partial charge on any atom is -0.320 e. The van der Waals surface area contributed by atoms with Gasteiger partial charge in [-0.2, -0.15) is 5.26 Å². The molecule has 116 valence electrons. The zero-order valence-electron chi connectivity index (χ0n) is 11.4. The van der Waals surface area contributed by atoms with Gasteiger partial charge in [0.25, 0.3) is 5.91 Å². The third-order valence-corrected chi connectivity index (χ3v) is 3.67. The lowest BCUT2D eigenvalue weighted by Gasteiger charge is -2.07. The van der Waals surface area contributed by atoms with Crippen molar-refractivity contribution >= 4 is 40.9 Å². The van der Waals surface area contributed by atoms with Crippen LogP contribution in [-0.2, 0) is 4.79 Å². The third kappa shape index (κ3) is 3.86. The number of nitriles is 1. The number of amides is 1. The Bertz CT molecular complexity index is 844. The highest BCUT2D eigenvalue weighted by Crippen LogP contribution is 2.29. The van der Waals surface area contributed by atoms with Gasteiger partial charge >= 0.3 is 0 Å². The number of hydrogen-bond donors (Lipinski definition) is 1. The molecule has 0 bridgehead atoms. The first-order chi connectivity index (χ1) is 10.9. The molecular formula is C16H8Cl2F2N2O. The van der Waals surface area contributed by atoms with E-state index in [0.29, 0.717) is 0 Å². The Morgan fingerprint density at radius 2 is 1.87 bits per heavy atom. The van der Waals surface area contributed by atoms with Crippen LogP contribution in [0.5, 0.6) is 0 Å². The Labute approximate surface area is 140 Å². The molecule has 0 saturated heterocycles. The van der Waals surface area contributed by atoms with Crippen molar-refractivity contribution in [2.24, 2.45) is 0 Å². The molecule has 0 aliphatic carbocycles. The molecule has 0 heterocycles. The number of carbonyl (C=O) groups is 1. The van der Waals surface area contributed by atoms with Crippen LogP contribution >= 0.6 is 23.2 Å². The highest BCUT2D eigenvalue weighted by atomic mass is 35.5. The lowest BCUT2D eigenvalue weighted by atomic mass is 10.1. The van der Waals surface area contributed by atoms with Gasteiger partial charge in [0, 0.05) is 5.56 Å². The second kappa shape index (κ2) is 7.23. The number of anilines is 1. The van der Waals surface area contributed by atoms with Crippen molar-refractivity contribution in [2.75, 3.05) is 5.32 Å². The summed E-state index contributed by atoms with van der Waals surface area (Å²) in [7, 11) is 0. The average Bonchev–Trinajstić information content (AvgIpc) is 2.53. The number of halogens is 4. The minimum atomic E-state index is -1.14. The maximum Gasteiger partial charge on any atom is 0.266 e. The van der Waals surface area contributed by atoms with Gasteiger partial charge in [-0.15, -0.1) is 0 Å². The van der Waals surface area contributed by atoms with E-state index in [-0.39, 0.29) is 21.3 Å². The predicted molar refractivity (Wildman–Crippen MR) is 85.0 cm³/mol. The zero-order valence-corrected chi connectivity index (χ0v) is 12.9. The highest BCUT2D eigenvalue weighted by molar-refractivity contribution is 6.44. The summed E-state index contributed by atoms with van der Waals surface area (Å²) in [5.41, 5.74) is -0.426. The number of nitrogens with one attached hydrogen (secondary N) is 1. The molecule has 0 saturated carbocycles. The van der Waals surface area contributed by atoms with Crippen LogP contribution in [0.15, 0.2) is 42.0 Å². The summed E-state index contributed by atoms with van der Waals surface area (Å²) in [4.78, 5) is 12.1. The van der Waals surface area contributed by atoms with Crippen LogP contribution < -0.4 is 5.32 Å². The maximum absolute atomic E-state index is 13.6. The van der Waals surface area contributed by atoms with Crippen LogP contribution in [-0.4, -0.2) is 5.91 Å². The first-order valence-electron chi connectivity index (χ1n) is 6.25. The second-order valence-corrected chi connectivity index (χ2v) is 5.15. The van der Waals surface area contributed by atoms with E-state index in [4.69, 9.17) is 28.5 Å². The van der Waals surface area contributed by atoms with Crippen LogP contribution in [0, 0.1) is 23.0 Å². The molecule has 0 atom stereocenters. The topological polar surface area (TPSA) is 52.9 Å². The Balaban J connectivity index is 2.32. The lowest BCUT2D eigenvalue weighted by Crippen LogP contribution is -2.14. The van der Waals surface area contributed by atoms with Gasteiger partial charge in [0.15, 0.2) is 11.6 Å². The molecule has 1 amide bonds. The van der Waals surface area contributed by atoms with Crippen molar-refractivity contribution in [3.63, 3.8) is 0 Å². The van der Waals surface area contributed by atoms with Gasteiger partial charge in [0.2, 0.25) is 0 Å². The van der Waals surface area contributed by atoms with Crippen LogP contribution in [0.3, 0.4) is 0 Å². The number of hydrogen-bond acceptors (Lipinski definition) is 2. The molecule has 0 unspecified atom stereocenters. The fraction of sp³-hybridized carbons (Fsp3) is 0. The van der Waals surface area contributed by atoms with E-state index < -0.39 is 23.1 Å². The first-order valence-corrected chi connectivity index (χ1v) is 7.00. The summed E-state index contributed by atoms with van der Waals surface area (Å²) in [5.74, 6) is -3.04. The predicted octanol–water partition coefficient (Wildman–Crippen LogP) is 4.82. The summed E-state index contributed by atoms with van der Waals surface area (Å²) < 4.78 is 26.8. The molecule has 0 fully saturated rings. The van der Waals surface area contributed by atoms with Crippen LogP contribution in [0.25, 0.3) is 6.08 Å². The largest absolute Gasteiger partial charge is 0.320 e. The van der Waals surface area contributed by atoms with Crippen molar-refractivity contribution in [2.45, 2.75) is 0 Å². The fourth-order valence-corrected chi connectivity index (χ4v) is 2.07. The van der Waals surface area contributed by atoms with Crippen LogP contribution in [0.2, 0.25) is 10.0 Å². The van der Waals surface area contributed by atoms with E-state index in [9.17, 15) is 13.6 Å². The molecule has 2 aromatic rings. The van der Waals surface area contributed by atoms with Gasteiger partial charge in [0.1, 0.15) is 11.6 Å². The Morgan fingerprint density at radius 1 is 1.17 bits per heavy atom. The molecule has 0 aliphatic rings. The normalized spacial score (nSPS) is 11.0. The van der Waals surface area contributed by atoms with Gasteiger partial charge in [-0.3, -0.25) is 4.79 Å². The van der Waals surface area contributed by atoms with Crippen molar-refractivity contribution < 1.29 is 13.6 Å². The number of rotatable bonds is 3. The quantitative estimate of drug-likeness (QED) is 0.636. The minimum absolute atomic E-state index is 0.108. The van der Waals surface area contributed by atoms with Crippen LogP contribution in [0.4, 0.5) is 14.5 Å². The Hall–Kier alpha value is -2.42. The summed E-state index contributed by atoms with van der Waals surface area (Å²) in [6.07, 6.45) is 0.951. The number of benzene rings is 2. The summed E-state index contributed by atoms with van der Waals surface area (Å²) >= 11 is 11.8. The van der Waals surface area contributed by atoms with Crippen molar-refractivity contribution in [1.82, 2.24) is 0 Å². The monoisotopic (exact) mass is 352 g/mol. The SMILES string of the molecule is N#C/C(=C/c1cccc(F)c1F)C(=O)Nc1cccc(Cl)c1Cl. The smallest absolute Gasteiger partial charge is 0.266 e. The van der Waals surface area contributed by atoms with E-state index in [1.165, 1.54) is 24.3 Å². The molecule has 0 radical (unpaired) electrons. The fourth-order valence-electron chi connectivity index (χ4n) is 1.73. The van der Waals surface area contributed by atoms with Gasteiger partial charge in [0.05, 0.1) is 15.7 Å². The average molecular weight is 353 g/mol. The molecule has 1 N–H and O–H groups in total. The molecule has 3 nitrogen and oxygen atoms in total. The Morgan fingerprint density at radius 3 is 2.57 bits per heavy atom. The molecule has 23 heavy (non-hydrogen) atoms. The van der Waals surface area contributed by atoms with E-state index >= 15 is 0 Å². The van der Waals surface area contributed by atoms with Crippen LogP contribution in [0.1, 0.15) is 5.56 Å². The molecular weight excluding hydrogens is 345 g/mol.